The summed E-state index contributed by atoms with van der Waals surface area (Å²) in [5.74, 6) is 0. The molecule has 2 aliphatic carbocycles. The van der Waals surface area contributed by atoms with Crippen molar-refractivity contribution >= 4 is 31.3 Å². The second-order valence-corrected chi connectivity index (χ2v) is 12.2. The molecule has 0 aromatic rings. The van der Waals surface area contributed by atoms with Crippen LogP contribution in [-0.2, 0) is 21.9 Å². The molecule has 0 aliphatic heterocycles. The van der Waals surface area contributed by atoms with Gasteiger partial charge < -0.3 is 0 Å². The van der Waals surface area contributed by atoms with Crippen molar-refractivity contribution in [1.82, 2.24) is 0 Å². The van der Waals surface area contributed by atoms with Crippen molar-refractivity contribution < 1.29 is 21.9 Å². The Kier molecular flexibility index (Phi) is 23.1. The van der Waals surface area contributed by atoms with Crippen LogP contribution in [0.1, 0.15) is 40.5 Å². The Hall–Kier alpha value is 0.150. The average molecular weight is 466 g/mol. The van der Waals surface area contributed by atoms with Crippen LogP contribution in [-0.4, -0.2) is 6.51 Å². The SMILES string of the molecule is C[C](C)=[Hf]=[C](C)C.Cl.Cl.[C-]1=CC=CC1.[C-]1=CC=CC1. The molecule has 0 saturated heterocycles. The molecule has 0 N–H and O–H groups in total. The topological polar surface area (TPSA) is 0 Å². The summed E-state index contributed by atoms with van der Waals surface area (Å²) in [4.78, 5) is 0. The molecule has 2 aliphatic rings. The quantitative estimate of drug-likeness (QED) is 0.351. The van der Waals surface area contributed by atoms with Gasteiger partial charge in [0.2, 0.25) is 0 Å². The molecule has 0 amide bonds. The predicted molar refractivity (Wildman–Crippen MR) is 90.3 cm³/mol. The second kappa shape index (κ2) is 18.2. The Bertz CT molecular complexity index is 320. The molecule has 0 spiro atoms. The molecule has 0 heterocycles. The number of halogens is 2. The second-order valence-electron chi connectivity index (χ2n) is 4.13. The smallest absolute Gasteiger partial charge is 0.109 e. The molecule has 0 bridgehead atoms. The van der Waals surface area contributed by atoms with Crippen LogP contribution in [0.3, 0.4) is 0 Å². The van der Waals surface area contributed by atoms with Crippen LogP contribution >= 0.6 is 24.8 Å². The first-order valence-corrected chi connectivity index (χ1v) is 9.53. The zero-order valence-electron chi connectivity index (χ0n) is 12.2. The van der Waals surface area contributed by atoms with Gasteiger partial charge in [-0.25, -0.2) is 24.3 Å². The van der Waals surface area contributed by atoms with Crippen molar-refractivity contribution in [3.05, 3.63) is 48.6 Å². The molecular formula is C16H24Cl2Hf-2. The Morgan fingerprint density at radius 3 is 1.21 bits per heavy atom. The van der Waals surface area contributed by atoms with Gasteiger partial charge in [0.05, 0.1) is 0 Å². The van der Waals surface area contributed by atoms with Crippen molar-refractivity contribution in [1.29, 1.82) is 0 Å². The van der Waals surface area contributed by atoms with E-state index in [9.17, 15) is 0 Å². The molecule has 0 aromatic carbocycles. The van der Waals surface area contributed by atoms with Crippen molar-refractivity contribution in [3.8, 4) is 0 Å². The molecule has 3 heteroatoms. The minimum absolute atomic E-state index is 0. The first-order chi connectivity index (χ1) is 8.13. The third-order valence-electron chi connectivity index (χ3n) is 1.67. The monoisotopic (exact) mass is 466 g/mol. The van der Waals surface area contributed by atoms with Crippen LogP contribution in [0.25, 0.3) is 0 Å². The maximum atomic E-state index is 2.99. The van der Waals surface area contributed by atoms with Gasteiger partial charge in [-0.05, 0) is 0 Å². The molecule has 0 atom stereocenters. The molecule has 0 nitrogen and oxygen atoms in total. The van der Waals surface area contributed by atoms with E-state index >= 15 is 0 Å². The fraction of sp³-hybridized carbons (Fsp3) is 0.375. The van der Waals surface area contributed by atoms with Crippen molar-refractivity contribution in [2.45, 2.75) is 40.5 Å². The van der Waals surface area contributed by atoms with Gasteiger partial charge in [0, 0.05) is 0 Å². The molecule has 19 heavy (non-hydrogen) atoms. The maximum Gasteiger partial charge on any atom is -0.109 e. The molecule has 0 fully saturated rings. The fourth-order valence-electron chi connectivity index (χ4n) is 1.18. The van der Waals surface area contributed by atoms with E-state index in [4.69, 9.17) is 0 Å². The van der Waals surface area contributed by atoms with Gasteiger partial charge in [0.25, 0.3) is 0 Å². The zero-order valence-corrected chi connectivity index (χ0v) is 17.4. The summed E-state index contributed by atoms with van der Waals surface area (Å²) in [5, 5.41) is 0. The standard InChI is InChI=1S/2C5H5.2C3H6.2ClH.Hf/c2*1-2-4-5-3-1;2*1-3-2;;;/h2*1-3H,4H2;2*1-2H3;2*1H;/q2*-1;;;;;. The maximum absolute atomic E-state index is 2.99. The van der Waals surface area contributed by atoms with Crippen LogP contribution in [0, 0.1) is 12.2 Å². The number of hydrogen-bond donors (Lipinski definition) is 0. The van der Waals surface area contributed by atoms with Crippen molar-refractivity contribution in [2.24, 2.45) is 0 Å². The zero-order chi connectivity index (χ0) is 12.9. The van der Waals surface area contributed by atoms with E-state index in [0.29, 0.717) is 0 Å². The summed E-state index contributed by atoms with van der Waals surface area (Å²) in [6.07, 6.45) is 20.0. The summed E-state index contributed by atoms with van der Waals surface area (Å²) < 4.78 is 3.39. The summed E-state index contributed by atoms with van der Waals surface area (Å²) >= 11 is -0.318. The van der Waals surface area contributed by atoms with Crippen LogP contribution in [0.4, 0.5) is 0 Å². The normalized spacial score (nSPS) is 12.0. The predicted octanol–water partition coefficient (Wildman–Crippen LogP) is 4.95. The van der Waals surface area contributed by atoms with Gasteiger partial charge in [0.1, 0.15) is 0 Å². The Morgan fingerprint density at radius 1 is 0.789 bits per heavy atom. The van der Waals surface area contributed by atoms with Crippen molar-refractivity contribution in [2.75, 3.05) is 0 Å². The first kappa shape index (κ1) is 24.2. The minimum atomic E-state index is -0.318. The summed E-state index contributed by atoms with van der Waals surface area (Å²) in [6.45, 7) is 8.98. The van der Waals surface area contributed by atoms with Gasteiger partial charge in [-0.3, -0.25) is 12.2 Å². The number of rotatable bonds is 0. The van der Waals surface area contributed by atoms with E-state index in [-0.39, 0.29) is 46.8 Å². The van der Waals surface area contributed by atoms with E-state index in [1.165, 1.54) is 0 Å². The third-order valence-corrected chi connectivity index (χ3v) is 5.26. The number of hydrogen-bond acceptors (Lipinski definition) is 0. The largest absolute Gasteiger partial charge is 0.273 e. The van der Waals surface area contributed by atoms with E-state index in [1.807, 2.05) is 24.3 Å². The van der Waals surface area contributed by atoms with Crippen molar-refractivity contribution in [3.63, 3.8) is 0 Å². The fourth-order valence-corrected chi connectivity index (χ4v) is 4.77. The average Bonchev–Trinajstić information content (AvgIpc) is 2.96. The van der Waals surface area contributed by atoms with Gasteiger partial charge in [-0.2, -0.15) is 12.2 Å². The van der Waals surface area contributed by atoms with E-state index < -0.39 is 0 Å². The molecular weight excluding hydrogens is 442 g/mol. The summed E-state index contributed by atoms with van der Waals surface area (Å²) in [6, 6.07) is 0. The molecule has 0 aromatic heterocycles. The molecule has 0 unspecified atom stereocenters. The molecule has 0 saturated carbocycles. The van der Waals surface area contributed by atoms with E-state index in [1.54, 1.807) is 6.51 Å². The Labute approximate surface area is 141 Å². The van der Waals surface area contributed by atoms with Gasteiger partial charge in [-0.1, -0.05) is 0 Å². The van der Waals surface area contributed by atoms with E-state index in [0.717, 1.165) is 12.8 Å². The number of allylic oxidation sites excluding steroid dienone is 8. The summed E-state index contributed by atoms with van der Waals surface area (Å²) in [7, 11) is 0. The van der Waals surface area contributed by atoms with Gasteiger partial charge in [-0.15, -0.1) is 37.7 Å². The minimum Gasteiger partial charge on any atom is -0.273 e. The molecule has 108 valence electrons. The van der Waals surface area contributed by atoms with Gasteiger partial charge >= 0.3 is 56.1 Å². The third kappa shape index (κ3) is 23.6. The first-order valence-electron chi connectivity index (χ1n) is 5.93. The summed E-state index contributed by atoms with van der Waals surface area (Å²) in [5.41, 5.74) is 0. The van der Waals surface area contributed by atoms with Crippen LogP contribution in [0.15, 0.2) is 36.5 Å². The van der Waals surface area contributed by atoms with Gasteiger partial charge in [0.15, 0.2) is 0 Å². The molecule has 2 rings (SSSR count). The van der Waals surface area contributed by atoms with Crippen LogP contribution in [0.2, 0.25) is 0 Å². The Balaban J connectivity index is -0.000000194. The van der Waals surface area contributed by atoms with Crippen LogP contribution < -0.4 is 0 Å². The van der Waals surface area contributed by atoms with Crippen LogP contribution in [0.5, 0.6) is 0 Å². The van der Waals surface area contributed by atoms with E-state index in [2.05, 4.69) is 52.0 Å². The molecule has 0 radical (unpaired) electrons. The Morgan fingerprint density at radius 2 is 1.16 bits per heavy atom.